The monoisotopic (exact) mass is 139 g/mol. The molecule has 0 aliphatic heterocycles. The van der Waals surface area contributed by atoms with Gasteiger partial charge in [-0.05, 0) is 6.07 Å². The van der Waals surface area contributed by atoms with Crippen molar-refractivity contribution in [2.24, 2.45) is 0 Å². The molecule has 1 N–H and O–H groups in total. The molecule has 1 aromatic rings. The van der Waals surface area contributed by atoms with E-state index in [0.717, 1.165) is 4.88 Å². The van der Waals surface area contributed by atoms with E-state index in [9.17, 15) is 0 Å². The minimum atomic E-state index is 0.0419. The second-order valence-corrected chi connectivity index (χ2v) is 2.66. The molecule has 0 aliphatic rings. The molecule has 0 spiro atoms. The molecule has 0 fully saturated rings. The van der Waals surface area contributed by atoms with Gasteiger partial charge in [-0.3, -0.25) is 0 Å². The Hall–Kier alpha value is -0.850. The summed E-state index contributed by atoms with van der Waals surface area (Å²) in [6, 6.07) is 3.47. The van der Waals surface area contributed by atoms with Gasteiger partial charge < -0.3 is 5.11 Å². The smallest absolute Gasteiger partial charge is 0.241 e. The van der Waals surface area contributed by atoms with Gasteiger partial charge in [-0.15, -0.1) is 0 Å². The summed E-state index contributed by atoms with van der Waals surface area (Å²) in [5, 5.41) is 9.19. The number of hydrogen-bond donors (Lipinski definition) is 1. The first-order valence-electron chi connectivity index (χ1n) is 2.44. The Morgan fingerprint density at radius 2 is 2.44 bits per heavy atom. The number of hydrogen-bond acceptors (Lipinski definition) is 2. The zero-order valence-electron chi connectivity index (χ0n) is 4.66. The molecule has 0 saturated carbocycles. The molecule has 0 amide bonds. The normalized spacial score (nSPS) is 8.89. The van der Waals surface area contributed by atoms with Crippen LogP contribution < -0.4 is 0 Å². The van der Waals surface area contributed by atoms with Gasteiger partial charge in [0.25, 0.3) is 0 Å². The highest BCUT2D eigenvalue weighted by Crippen LogP contribution is 2.24. The minimum Gasteiger partial charge on any atom is -0.391 e. The average molecular weight is 139 g/mol. The zero-order valence-corrected chi connectivity index (χ0v) is 5.48. The van der Waals surface area contributed by atoms with Crippen molar-refractivity contribution >= 4 is 16.3 Å². The van der Waals surface area contributed by atoms with E-state index < -0.39 is 0 Å². The highest BCUT2D eigenvalue weighted by Gasteiger charge is 1.94. The molecule has 3 heteroatoms. The minimum absolute atomic E-state index is 0.0419. The second-order valence-electron chi connectivity index (χ2n) is 1.51. The van der Waals surface area contributed by atoms with Crippen LogP contribution in [0.1, 0.15) is 4.88 Å². The lowest BCUT2D eigenvalue weighted by Crippen LogP contribution is -1.69. The molecule has 1 heterocycles. The lowest BCUT2D eigenvalue weighted by atomic mass is 10.5. The first-order chi connectivity index (χ1) is 4.36. The van der Waals surface area contributed by atoms with Gasteiger partial charge in [-0.2, -0.15) is 11.3 Å². The van der Waals surface area contributed by atoms with Crippen molar-refractivity contribution in [3.63, 3.8) is 0 Å². The number of aliphatic hydroxyl groups is 1. The largest absolute Gasteiger partial charge is 0.391 e. The maximum atomic E-state index is 8.55. The summed E-state index contributed by atoms with van der Waals surface area (Å²) in [5.41, 5.74) is 0. The van der Waals surface area contributed by atoms with Crippen molar-refractivity contribution in [3.05, 3.63) is 28.4 Å². The molecule has 0 aliphatic carbocycles. The lowest BCUT2D eigenvalue weighted by Gasteiger charge is -1.80. The number of thiophene rings is 1. The highest BCUT2D eigenvalue weighted by molar-refractivity contribution is 7.16. The SMILES string of the molecule is [C-]#[N+]c1ccc(CO)s1. The summed E-state index contributed by atoms with van der Waals surface area (Å²) in [4.78, 5) is 4.04. The van der Waals surface area contributed by atoms with Crippen LogP contribution in [0.5, 0.6) is 0 Å². The first kappa shape index (κ1) is 6.27. The second kappa shape index (κ2) is 2.62. The summed E-state index contributed by atoms with van der Waals surface area (Å²) in [6.07, 6.45) is 0. The fourth-order valence-electron chi connectivity index (χ4n) is 0.512. The van der Waals surface area contributed by atoms with E-state index >= 15 is 0 Å². The van der Waals surface area contributed by atoms with Crippen molar-refractivity contribution < 1.29 is 5.11 Å². The summed E-state index contributed by atoms with van der Waals surface area (Å²) < 4.78 is 0. The van der Waals surface area contributed by atoms with Gasteiger partial charge in [-0.25, -0.2) is 4.85 Å². The molecule has 0 unspecified atom stereocenters. The van der Waals surface area contributed by atoms with E-state index in [2.05, 4.69) is 4.85 Å². The van der Waals surface area contributed by atoms with Crippen LogP contribution in [0.25, 0.3) is 4.85 Å². The summed E-state index contributed by atoms with van der Waals surface area (Å²) in [7, 11) is 0. The van der Waals surface area contributed by atoms with Gasteiger partial charge in [0.15, 0.2) is 0 Å². The van der Waals surface area contributed by atoms with Gasteiger partial charge in [0.05, 0.1) is 13.2 Å². The Morgan fingerprint density at radius 1 is 1.67 bits per heavy atom. The summed E-state index contributed by atoms with van der Waals surface area (Å²) in [5.74, 6) is 0. The molecule has 46 valence electrons. The molecule has 1 aromatic heterocycles. The number of rotatable bonds is 1. The topological polar surface area (TPSA) is 24.6 Å². The Morgan fingerprint density at radius 3 is 2.78 bits per heavy atom. The number of aliphatic hydroxyl groups excluding tert-OH is 1. The molecule has 0 saturated heterocycles. The summed E-state index contributed by atoms with van der Waals surface area (Å²) in [6.45, 7) is 6.63. The van der Waals surface area contributed by atoms with Crippen LogP contribution in [0, 0.1) is 6.57 Å². The van der Waals surface area contributed by atoms with Crippen LogP contribution in [-0.4, -0.2) is 5.11 Å². The third-order valence-corrected chi connectivity index (χ3v) is 1.88. The average Bonchev–Trinajstić information content (AvgIpc) is 2.34. The van der Waals surface area contributed by atoms with Crippen LogP contribution in [0.4, 0.5) is 5.00 Å². The van der Waals surface area contributed by atoms with E-state index in [1.165, 1.54) is 11.3 Å². The molecular formula is C6H5NOS. The standard InChI is InChI=1S/C6H5NOS/c1-7-6-3-2-5(4-8)9-6/h2-3,8H,4H2. The molecule has 0 radical (unpaired) electrons. The zero-order chi connectivity index (χ0) is 6.69. The predicted molar refractivity (Wildman–Crippen MR) is 36.5 cm³/mol. The fraction of sp³-hybridized carbons (Fsp3) is 0.167. The maximum Gasteiger partial charge on any atom is 0.241 e. The Balaban J connectivity index is 2.90. The van der Waals surface area contributed by atoms with Gasteiger partial charge in [0, 0.05) is 4.88 Å². The third-order valence-electron chi connectivity index (χ3n) is 0.913. The fourth-order valence-corrected chi connectivity index (χ4v) is 1.16. The van der Waals surface area contributed by atoms with Gasteiger partial charge in [0.2, 0.25) is 5.00 Å². The van der Waals surface area contributed by atoms with E-state index in [1.807, 2.05) is 0 Å². The molecule has 2 nitrogen and oxygen atoms in total. The Bertz CT molecular complexity index is 235. The Labute approximate surface area is 57.2 Å². The van der Waals surface area contributed by atoms with Crippen LogP contribution >= 0.6 is 11.3 Å². The van der Waals surface area contributed by atoms with Crippen molar-refractivity contribution in [2.45, 2.75) is 6.61 Å². The van der Waals surface area contributed by atoms with Crippen molar-refractivity contribution in [2.75, 3.05) is 0 Å². The van der Waals surface area contributed by atoms with Crippen LogP contribution in [0.2, 0.25) is 0 Å². The molecular weight excluding hydrogens is 134 g/mol. The highest BCUT2D eigenvalue weighted by atomic mass is 32.1. The predicted octanol–water partition coefficient (Wildman–Crippen LogP) is 1.79. The van der Waals surface area contributed by atoms with E-state index in [-0.39, 0.29) is 6.61 Å². The van der Waals surface area contributed by atoms with E-state index in [0.29, 0.717) is 5.00 Å². The van der Waals surface area contributed by atoms with Crippen molar-refractivity contribution in [1.29, 1.82) is 0 Å². The van der Waals surface area contributed by atoms with Crippen LogP contribution in [-0.2, 0) is 6.61 Å². The van der Waals surface area contributed by atoms with Gasteiger partial charge >= 0.3 is 0 Å². The first-order valence-corrected chi connectivity index (χ1v) is 3.25. The molecule has 9 heavy (non-hydrogen) atoms. The Kier molecular flexibility index (Phi) is 1.83. The van der Waals surface area contributed by atoms with Gasteiger partial charge in [-0.1, -0.05) is 6.07 Å². The van der Waals surface area contributed by atoms with E-state index in [1.54, 1.807) is 12.1 Å². The van der Waals surface area contributed by atoms with Crippen LogP contribution in [0.15, 0.2) is 12.1 Å². The van der Waals surface area contributed by atoms with Gasteiger partial charge in [0.1, 0.15) is 0 Å². The maximum absolute atomic E-state index is 8.55. The van der Waals surface area contributed by atoms with Crippen molar-refractivity contribution in [1.82, 2.24) is 0 Å². The molecule has 1 rings (SSSR count). The summed E-state index contributed by atoms with van der Waals surface area (Å²) >= 11 is 1.33. The molecule has 0 bridgehead atoms. The molecule has 0 atom stereocenters. The third kappa shape index (κ3) is 1.28. The van der Waals surface area contributed by atoms with Crippen LogP contribution in [0.3, 0.4) is 0 Å². The van der Waals surface area contributed by atoms with E-state index in [4.69, 9.17) is 11.7 Å². The number of nitrogens with zero attached hydrogens (tertiary/aromatic N) is 1. The molecule has 0 aromatic carbocycles. The lowest BCUT2D eigenvalue weighted by molar-refractivity contribution is 0.285. The quantitative estimate of drug-likeness (QED) is 0.589. The van der Waals surface area contributed by atoms with Crippen molar-refractivity contribution in [3.8, 4) is 0 Å².